The number of anilines is 1. The molecule has 0 atom stereocenters. The summed E-state index contributed by atoms with van der Waals surface area (Å²) in [6.07, 6.45) is 3.35. The lowest BCUT2D eigenvalue weighted by Gasteiger charge is -2.26. The average molecular weight is 494 g/mol. The van der Waals surface area contributed by atoms with E-state index < -0.39 is 23.8 Å². The number of rotatable bonds is 5. The number of benzene rings is 3. The van der Waals surface area contributed by atoms with Crippen LogP contribution in [0.25, 0.3) is 17.0 Å². The van der Waals surface area contributed by atoms with Gasteiger partial charge >= 0.3 is 12.0 Å². The highest BCUT2D eigenvalue weighted by molar-refractivity contribution is 6.39. The van der Waals surface area contributed by atoms with E-state index in [2.05, 4.69) is 5.32 Å². The molecule has 4 aromatic rings. The van der Waals surface area contributed by atoms with Crippen molar-refractivity contribution in [3.05, 3.63) is 107 Å². The molecule has 0 spiro atoms. The van der Waals surface area contributed by atoms with Gasteiger partial charge in [0.15, 0.2) is 0 Å². The molecule has 8 heteroatoms. The molecule has 1 aliphatic heterocycles. The number of hydrogen-bond donors (Lipinski definition) is 1. The fourth-order valence-electron chi connectivity index (χ4n) is 4.45. The Kier molecular flexibility index (Phi) is 6.15. The minimum Gasteiger partial charge on any atom is -0.465 e. The molecule has 0 aliphatic carbocycles. The van der Waals surface area contributed by atoms with Gasteiger partial charge in [-0.2, -0.15) is 0 Å². The van der Waals surface area contributed by atoms with E-state index in [4.69, 9.17) is 4.74 Å². The molecular formula is C29H23N3O5. The minimum absolute atomic E-state index is 0.142. The van der Waals surface area contributed by atoms with E-state index in [0.29, 0.717) is 23.4 Å². The standard InChI is InChI=1S/C29H23N3O5/c1-18-7-5-10-22(13-18)32-27(34)24(26(33)30-29(32)36)15-21-17-31(25-12-4-3-11-23(21)25)16-19-8-6-9-20(14-19)28(35)37-2/h3-15,17H,16H2,1-2H3,(H,30,33,36)/b24-15+. The number of amides is 4. The number of fused-ring (bicyclic) bond motifs is 1. The van der Waals surface area contributed by atoms with Gasteiger partial charge in [0.05, 0.1) is 18.4 Å². The summed E-state index contributed by atoms with van der Waals surface area (Å²) in [6.45, 7) is 2.30. The maximum atomic E-state index is 13.4. The minimum atomic E-state index is -0.786. The third kappa shape index (κ3) is 4.52. The second kappa shape index (κ2) is 9.58. The van der Waals surface area contributed by atoms with Gasteiger partial charge in [0.25, 0.3) is 11.8 Å². The van der Waals surface area contributed by atoms with Crippen LogP contribution in [0.2, 0.25) is 0 Å². The van der Waals surface area contributed by atoms with Crippen LogP contribution in [0.3, 0.4) is 0 Å². The second-order valence-electron chi connectivity index (χ2n) is 8.72. The van der Waals surface area contributed by atoms with Gasteiger partial charge in [0.2, 0.25) is 0 Å². The predicted octanol–water partition coefficient (Wildman–Crippen LogP) is 4.45. The Morgan fingerprint density at radius 3 is 2.54 bits per heavy atom. The topological polar surface area (TPSA) is 97.7 Å². The van der Waals surface area contributed by atoms with E-state index in [1.54, 1.807) is 36.4 Å². The molecule has 1 aromatic heterocycles. The van der Waals surface area contributed by atoms with E-state index >= 15 is 0 Å². The van der Waals surface area contributed by atoms with Gasteiger partial charge < -0.3 is 9.30 Å². The maximum absolute atomic E-state index is 13.4. The van der Waals surface area contributed by atoms with Crippen LogP contribution in [0.5, 0.6) is 0 Å². The number of imide groups is 2. The van der Waals surface area contributed by atoms with Crippen molar-refractivity contribution in [3.8, 4) is 0 Å². The van der Waals surface area contributed by atoms with Gasteiger partial charge in [-0.05, 0) is 54.5 Å². The maximum Gasteiger partial charge on any atom is 0.337 e. The molecule has 5 rings (SSSR count). The summed E-state index contributed by atoms with van der Waals surface area (Å²) in [7, 11) is 1.34. The van der Waals surface area contributed by atoms with Crippen molar-refractivity contribution in [3.63, 3.8) is 0 Å². The molecule has 2 heterocycles. The summed E-state index contributed by atoms with van der Waals surface area (Å²) in [4.78, 5) is 51.6. The van der Waals surface area contributed by atoms with Crippen LogP contribution in [0.4, 0.5) is 10.5 Å². The molecule has 184 valence electrons. The number of esters is 1. The van der Waals surface area contributed by atoms with Crippen LogP contribution in [-0.4, -0.2) is 35.5 Å². The largest absolute Gasteiger partial charge is 0.465 e. The fraction of sp³-hybridized carbons (Fsp3) is 0.103. The third-order valence-electron chi connectivity index (χ3n) is 6.18. The summed E-state index contributed by atoms with van der Waals surface area (Å²) in [5.41, 5.74) is 3.98. The van der Waals surface area contributed by atoms with Gasteiger partial charge in [-0.25, -0.2) is 14.5 Å². The number of ether oxygens (including phenoxy) is 1. The van der Waals surface area contributed by atoms with Crippen molar-refractivity contribution < 1.29 is 23.9 Å². The van der Waals surface area contributed by atoms with Gasteiger partial charge in [-0.15, -0.1) is 0 Å². The highest BCUT2D eigenvalue weighted by atomic mass is 16.5. The molecule has 37 heavy (non-hydrogen) atoms. The third-order valence-corrected chi connectivity index (χ3v) is 6.18. The molecule has 3 aromatic carbocycles. The fourth-order valence-corrected chi connectivity index (χ4v) is 4.45. The van der Waals surface area contributed by atoms with Crippen LogP contribution >= 0.6 is 0 Å². The summed E-state index contributed by atoms with van der Waals surface area (Å²) in [5.74, 6) is -1.86. The molecule has 0 radical (unpaired) electrons. The van der Waals surface area contributed by atoms with Gasteiger partial charge in [0, 0.05) is 29.2 Å². The average Bonchev–Trinajstić information content (AvgIpc) is 3.23. The number of para-hydroxylation sites is 1. The number of nitrogens with one attached hydrogen (secondary N) is 1. The van der Waals surface area contributed by atoms with Crippen LogP contribution in [-0.2, 0) is 20.9 Å². The Bertz CT molecular complexity index is 1610. The molecule has 0 unspecified atom stereocenters. The van der Waals surface area contributed by atoms with Crippen LogP contribution in [0.15, 0.2) is 84.6 Å². The normalized spacial score (nSPS) is 14.8. The van der Waals surface area contributed by atoms with E-state index in [1.165, 1.54) is 13.2 Å². The molecule has 1 fully saturated rings. The Balaban J connectivity index is 1.55. The molecule has 1 N–H and O–H groups in total. The highest BCUT2D eigenvalue weighted by Crippen LogP contribution is 2.27. The summed E-state index contributed by atoms with van der Waals surface area (Å²) in [6, 6.07) is 20.9. The lowest BCUT2D eigenvalue weighted by molar-refractivity contribution is -0.122. The zero-order chi connectivity index (χ0) is 26.1. The molecule has 4 amide bonds. The van der Waals surface area contributed by atoms with Crippen molar-refractivity contribution in [1.82, 2.24) is 9.88 Å². The number of aryl methyl sites for hydroxylation is 1. The summed E-state index contributed by atoms with van der Waals surface area (Å²) in [5, 5.41) is 3.11. The number of nitrogens with zero attached hydrogens (tertiary/aromatic N) is 2. The molecule has 8 nitrogen and oxygen atoms in total. The van der Waals surface area contributed by atoms with Crippen LogP contribution in [0.1, 0.15) is 27.0 Å². The molecule has 1 saturated heterocycles. The van der Waals surface area contributed by atoms with E-state index in [-0.39, 0.29) is 5.57 Å². The van der Waals surface area contributed by atoms with Gasteiger partial charge in [-0.3, -0.25) is 14.9 Å². The first kappa shape index (κ1) is 23.7. The number of hydrogen-bond acceptors (Lipinski definition) is 5. The molecule has 0 saturated carbocycles. The van der Waals surface area contributed by atoms with Crippen LogP contribution in [0, 0.1) is 6.92 Å². The summed E-state index contributed by atoms with van der Waals surface area (Å²) >= 11 is 0. The van der Waals surface area contributed by atoms with Crippen molar-refractivity contribution >= 4 is 46.5 Å². The van der Waals surface area contributed by atoms with Gasteiger partial charge in [0.1, 0.15) is 5.57 Å². The number of urea groups is 1. The van der Waals surface area contributed by atoms with Crippen molar-refractivity contribution in [2.45, 2.75) is 13.5 Å². The summed E-state index contributed by atoms with van der Waals surface area (Å²) < 4.78 is 6.80. The highest BCUT2D eigenvalue weighted by Gasteiger charge is 2.37. The Labute approximate surface area is 212 Å². The van der Waals surface area contributed by atoms with E-state index in [0.717, 1.165) is 26.9 Å². The van der Waals surface area contributed by atoms with Crippen molar-refractivity contribution in [2.75, 3.05) is 12.0 Å². The Hall–Kier alpha value is -4.98. The number of aromatic nitrogens is 1. The van der Waals surface area contributed by atoms with Crippen LogP contribution < -0.4 is 10.2 Å². The monoisotopic (exact) mass is 493 g/mol. The lowest BCUT2D eigenvalue weighted by atomic mass is 10.1. The van der Waals surface area contributed by atoms with Gasteiger partial charge in [-0.1, -0.05) is 42.5 Å². The Morgan fingerprint density at radius 2 is 1.76 bits per heavy atom. The van der Waals surface area contributed by atoms with Crippen molar-refractivity contribution in [2.24, 2.45) is 0 Å². The smallest absolute Gasteiger partial charge is 0.337 e. The number of barbiturate groups is 1. The number of carbonyl (C=O) groups excluding carboxylic acids is 4. The lowest BCUT2D eigenvalue weighted by Crippen LogP contribution is -2.54. The van der Waals surface area contributed by atoms with Crippen molar-refractivity contribution in [1.29, 1.82) is 0 Å². The number of carbonyl (C=O) groups is 4. The zero-order valence-corrected chi connectivity index (χ0v) is 20.2. The predicted molar refractivity (Wildman–Crippen MR) is 139 cm³/mol. The second-order valence-corrected chi connectivity index (χ2v) is 8.72. The first-order valence-electron chi connectivity index (χ1n) is 11.6. The SMILES string of the molecule is COC(=O)c1cccc(Cn2cc(/C=C3\C(=O)NC(=O)N(c4cccc(C)c4)C3=O)c3ccccc32)c1. The molecular weight excluding hydrogens is 470 g/mol. The van der Waals surface area contributed by atoms with E-state index in [1.807, 2.05) is 54.1 Å². The first-order valence-corrected chi connectivity index (χ1v) is 11.6. The zero-order valence-electron chi connectivity index (χ0n) is 20.2. The molecule has 1 aliphatic rings. The molecule has 0 bridgehead atoms. The quantitative estimate of drug-likeness (QED) is 0.252. The van der Waals surface area contributed by atoms with E-state index in [9.17, 15) is 19.2 Å². The number of methoxy groups -OCH3 is 1. The first-order chi connectivity index (χ1) is 17.9. The Morgan fingerprint density at radius 1 is 0.973 bits per heavy atom.